The predicted molar refractivity (Wildman–Crippen MR) is 77.4 cm³/mol. The summed E-state index contributed by atoms with van der Waals surface area (Å²) in [7, 11) is 0. The van der Waals surface area contributed by atoms with Crippen molar-refractivity contribution in [1.29, 1.82) is 0 Å². The molecule has 2 heterocycles. The van der Waals surface area contributed by atoms with E-state index in [9.17, 15) is 4.79 Å². The zero-order valence-corrected chi connectivity index (χ0v) is 11.4. The number of carbonyl (C=O) groups excluding carboxylic acids is 1. The van der Waals surface area contributed by atoms with E-state index >= 15 is 0 Å². The molecule has 4 heteroatoms. The van der Waals surface area contributed by atoms with E-state index in [1.165, 1.54) is 5.56 Å². The molecule has 2 N–H and O–H groups in total. The number of benzene rings is 1. The molecule has 1 aromatic heterocycles. The quantitative estimate of drug-likeness (QED) is 0.901. The van der Waals surface area contributed by atoms with Crippen LogP contribution in [-0.4, -0.2) is 11.9 Å². The molecule has 3 rings (SSSR count). The van der Waals surface area contributed by atoms with Crippen LogP contribution in [0.3, 0.4) is 0 Å². The van der Waals surface area contributed by atoms with E-state index in [1.807, 2.05) is 37.3 Å². The van der Waals surface area contributed by atoms with Gasteiger partial charge in [-0.2, -0.15) is 0 Å². The lowest BCUT2D eigenvalue weighted by Crippen LogP contribution is -2.41. The van der Waals surface area contributed by atoms with Crippen LogP contribution in [0.15, 0.2) is 47.1 Å². The molecular formula is C16H18N2O2. The Morgan fingerprint density at radius 1 is 1.30 bits per heavy atom. The molecular weight excluding hydrogens is 252 g/mol. The number of nitrogens with one attached hydrogen (secondary N) is 2. The van der Waals surface area contributed by atoms with Gasteiger partial charge in [-0.15, -0.1) is 0 Å². The molecule has 4 nitrogen and oxygen atoms in total. The van der Waals surface area contributed by atoms with Gasteiger partial charge < -0.3 is 9.73 Å². The Kier molecular flexibility index (Phi) is 3.56. The summed E-state index contributed by atoms with van der Waals surface area (Å²) < 4.78 is 5.37. The van der Waals surface area contributed by atoms with E-state index in [1.54, 1.807) is 6.26 Å². The smallest absolute Gasteiger partial charge is 0.241 e. The molecule has 0 bridgehead atoms. The first kappa shape index (κ1) is 12.9. The summed E-state index contributed by atoms with van der Waals surface area (Å²) in [5.74, 6) is 0.868. The molecule has 1 aromatic carbocycles. The normalized spacial score (nSPS) is 19.9. The number of amides is 1. The van der Waals surface area contributed by atoms with Crippen LogP contribution in [0.4, 0.5) is 5.69 Å². The van der Waals surface area contributed by atoms with Crippen molar-refractivity contribution in [3.63, 3.8) is 0 Å². The third-order valence-electron chi connectivity index (χ3n) is 3.72. The van der Waals surface area contributed by atoms with Crippen molar-refractivity contribution in [2.45, 2.75) is 31.8 Å². The van der Waals surface area contributed by atoms with Crippen LogP contribution in [0.1, 0.15) is 30.7 Å². The number of anilines is 1. The average Bonchev–Trinajstić information content (AvgIpc) is 2.93. The molecule has 0 saturated carbocycles. The molecule has 1 aliphatic heterocycles. The minimum absolute atomic E-state index is 0.0157. The maximum atomic E-state index is 12.3. The van der Waals surface area contributed by atoms with Gasteiger partial charge >= 0.3 is 0 Å². The van der Waals surface area contributed by atoms with Crippen molar-refractivity contribution in [1.82, 2.24) is 5.32 Å². The minimum atomic E-state index is -0.206. The van der Waals surface area contributed by atoms with Crippen molar-refractivity contribution >= 4 is 11.6 Å². The van der Waals surface area contributed by atoms with E-state index in [2.05, 4.69) is 16.7 Å². The van der Waals surface area contributed by atoms with E-state index in [0.29, 0.717) is 0 Å². The van der Waals surface area contributed by atoms with Crippen LogP contribution in [0.25, 0.3) is 0 Å². The van der Waals surface area contributed by atoms with Crippen LogP contribution in [0.2, 0.25) is 0 Å². The third kappa shape index (κ3) is 2.60. The lowest BCUT2D eigenvalue weighted by molar-refractivity contribution is -0.118. The van der Waals surface area contributed by atoms with E-state index in [-0.39, 0.29) is 18.0 Å². The highest BCUT2D eigenvalue weighted by molar-refractivity contribution is 5.96. The molecule has 0 aliphatic carbocycles. The standard InChI is InChI=1S/C16H18N2O2/c1-11(15-7-4-10-20-15)17-14-9-8-12-5-2-3-6-13(12)18-16(14)19/h2-7,10-11,14,17H,8-9H2,1H3,(H,18,19). The second-order valence-corrected chi connectivity index (χ2v) is 5.14. The Labute approximate surface area is 118 Å². The van der Waals surface area contributed by atoms with Crippen molar-refractivity contribution < 1.29 is 9.21 Å². The first-order valence-electron chi connectivity index (χ1n) is 6.92. The predicted octanol–water partition coefficient (Wildman–Crippen LogP) is 2.88. The first-order valence-corrected chi connectivity index (χ1v) is 6.92. The molecule has 1 amide bonds. The highest BCUT2D eigenvalue weighted by atomic mass is 16.3. The summed E-state index contributed by atoms with van der Waals surface area (Å²) in [6, 6.07) is 11.5. The Bertz CT molecular complexity index is 592. The second kappa shape index (κ2) is 5.51. The topological polar surface area (TPSA) is 54.3 Å². The summed E-state index contributed by atoms with van der Waals surface area (Å²) in [5, 5.41) is 6.33. The number of para-hydroxylation sites is 1. The Morgan fingerprint density at radius 2 is 2.15 bits per heavy atom. The zero-order valence-electron chi connectivity index (χ0n) is 11.4. The average molecular weight is 270 g/mol. The highest BCUT2D eigenvalue weighted by Gasteiger charge is 2.25. The van der Waals surface area contributed by atoms with Gasteiger partial charge in [-0.25, -0.2) is 0 Å². The summed E-state index contributed by atoms with van der Waals surface area (Å²) in [6.07, 6.45) is 3.32. The molecule has 2 aromatic rings. The van der Waals surface area contributed by atoms with Crippen LogP contribution < -0.4 is 10.6 Å². The molecule has 0 spiro atoms. The lowest BCUT2D eigenvalue weighted by atomic mass is 10.1. The number of fused-ring (bicyclic) bond motifs is 1. The van der Waals surface area contributed by atoms with Gasteiger partial charge in [0.1, 0.15) is 5.76 Å². The summed E-state index contributed by atoms with van der Waals surface area (Å²) in [5.41, 5.74) is 2.11. The largest absolute Gasteiger partial charge is 0.468 e. The van der Waals surface area contributed by atoms with Gasteiger partial charge in [-0.05, 0) is 43.5 Å². The fourth-order valence-electron chi connectivity index (χ4n) is 2.59. The number of carbonyl (C=O) groups is 1. The molecule has 2 atom stereocenters. The van der Waals surface area contributed by atoms with Crippen molar-refractivity contribution in [3.05, 3.63) is 54.0 Å². The highest BCUT2D eigenvalue weighted by Crippen LogP contribution is 2.23. The molecule has 20 heavy (non-hydrogen) atoms. The number of hydrogen-bond donors (Lipinski definition) is 2. The van der Waals surface area contributed by atoms with Gasteiger partial charge in [-0.3, -0.25) is 10.1 Å². The molecule has 0 radical (unpaired) electrons. The summed E-state index contributed by atoms with van der Waals surface area (Å²) in [6.45, 7) is 2.00. The zero-order chi connectivity index (χ0) is 13.9. The van der Waals surface area contributed by atoms with Crippen molar-refractivity contribution in [2.75, 3.05) is 5.32 Å². The van der Waals surface area contributed by atoms with Gasteiger partial charge in [0.15, 0.2) is 0 Å². The Hall–Kier alpha value is -2.07. The SMILES string of the molecule is CC(NC1CCc2ccccc2NC1=O)c1ccco1. The van der Waals surface area contributed by atoms with Gasteiger partial charge in [0, 0.05) is 5.69 Å². The van der Waals surface area contributed by atoms with Gasteiger partial charge in [0.2, 0.25) is 5.91 Å². The first-order chi connectivity index (χ1) is 9.74. The molecule has 1 aliphatic rings. The van der Waals surface area contributed by atoms with E-state index < -0.39 is 0 Å². The Balaban J connectivity index is 1.72. The van der Waals surface area contributed by atoms with Crippen LogP contribution in [0.5, 0.6) is 0 Å². The minimum Gasteiger partial charge on any atom is -0.468 e. The van der Waals surface area contributed by atoms with Crippen molar-refractivity contribution in [3.8, 4) is 0 Å². The maximum absolute atomic E-state index is 12.3. The number of aryl methyl sites for hydroxylation is 1. The van der Waals surface area contributed by atoms with Crippen LogP contribution in [0, 0.1) is 0 Å². The molecule has 104 valence electrons. The van der Waals surface area contributed by atoms with Crippen LogP contribution in [-0.2, 0) is 11.2 Å². The van der Waals surface area contributed by atoms with Gasteiger partial charge in [0.25, 0.3) is 0 Å². The lowest BCUT2D eigenvalue weighted by Gasteiger charge is -2.19. The van der Waals surface area contributed by atoms with E-state index in [4.69, 9.17) is 4.42 Å². The fraction of sp³-hybridized carbons (Fsp3) is 0.312. The monoisotopic (exact) mass is 270 g/mol. The molecule has 0 fully saturated rings. The number of hydrogen-bond acceptors (Lipinski definition) is 3. The van der Waals surface area contributed by atoms with Gasteiger partial charge in [-0.1, -0.05) is 18.2 Å². The molecule has 2 unspecified atom stereocenters. The van der Waals surface area contributed by atoms with Crippen molar-refractivity contribution in [2.24, 2.45) is 0 Å². The molecule has 0 saturated heterocycles. The Morgan fingerprint density at radius 3 is 2.95 bits per heavy atom. The summed E-state index contributed by atoms with van der Waals surface area (Å²) >= 11 is 0. The van der Waals surface area contributed by atoms with Crippen LogP contribution >= 0.6 is 0 Å². The van der Waals surface area contributed by atoms with Gasteiger partial charge in [0.05, 0.1) is 18.3 Å². The van der Waals surface area contributed by atoms with E-state index in [0.717, 1.165) is 24.3 Å². The maximum Gasteiger partial charge on any atom is 0.241 e. The second-order valence-electron chi connectivity index (χ2n) is 5.14. The third-order valence-corrected chi connectivity index (χ3v) is 3.72. The number of furan rings is 1. The summed E-state index contributed by atoms with van der Waals surface area (Å²) in [4.78, 5) is 12.3. The number of rotatable bonds is 3. The fourth-order valence-corrected chi connectivity index (χ4v) is 2.59.